The highest BCUT2D eigenvalue weighted by Crippen LogP contribution is 2.27. The molecule has 2 aromatic heterocycles. The second kappa shape index (κ2) is 7.49. The molecule has 0 unspecified atom stereocenters. The molecule has 1 saturated heterocycles. The summed E-state index contributed by atoms with van der Waals surface area (Å²) in [5, 5.41) is 4.23. The number of carbonyl (C=O) groups is 1. The molecule has 23 heavy (non-hydrogen) atoms. The number of likely N-dealkylation sites (tertiary alicyclic amines) is 1. The molecular formula is C18H27N3OS. The van der Waals surface area contributed by atoms with E-state index < -0.39 is 0 Å². The number of nitrogens with zero attached hydrogens (tertiary/aromatic N) is 2. The van der Waals surface area contributed by atoms with Crippen molar-refractivity contribution < 1.29 is 4.79 Å². The average molecular weight is 334 g/mol. The van der Waals surface area contributed by atoms with E-state index in [9.17, 15) is 4.79 Å². The molecule has 4 nitrogen and oxygen atoms in total. The van der Waals surface area contributed by atoms with Crippen molar-refractivity contribution in [2.75, 3.05) is 26.2 Å². The Bertz CT molecular complexity index is 621. The van der Waals surface area contributed by atoms with Crippen LogP contribution in [0.25, 0.3) is 10.1 Å². The maximum absolute atomic E-state index is 12.3. The molecule has 126 valence electrons. The number of hydrogen-bond donors (Lipinski definition) is 1. The Labute approximate surface area is 142 Å². The zero-order valence-electron chi connectivity index (χ0n) is 14.2. The Morgan fingerprint density at radius 3 is 2.74 bits per heavy atom. The molecule has 0 atom stereocenters. The van der Waals surface area contributed by atoms with Crippen molar-refractivity contribution in [2.45, 2.75) is 45.6 Å². The summed E-state index contributed by atoms with van der Waals surface area (Å²) in [7, 11) is 0. The van der Waals surface area contributed by atoms with E-state index in [0.717, 1.165) is 24.4 Å². The van der Waals surface area contributed by atoms with Crippen LogP contribution in [0.5, 0.6) is 0 Å². The number of rotatable bonds is 6. The van der Waals surface area contributed by atoms with E-state index in [1.807, 2.05) is 6.07 Å². The predicted molar refractivity (Wildman–Crippen MR) is 97.4 cm³/mol. The van der Waals surface area contributed by atoms with Gasteiger partial charge in [-0.05, 0) is 58.8 Å². The van der Waals surface area contributed by atoms with Crippen LogP contribution in [-0.2, 0) is 0 Å². The van der Waals surface area contributed by atoms with Gasteiger partial charge in [-0.1, -0.05) is 6.42 Å². The molecule has 3 rings (SSSR count). The Morgan fingerprint density at radius 2 is 2.04 bits per heavy atom. The van der Waals surface area contributed by atoms with E-state index in [-0.39, 0.29) is 5.91 Å². The average Bonchev–Trinajstić information content (AvgIpc) is 3.11. The second-order valence-corrected chi connectivity index (χ2v) is 7.82. The monoisotopic (exact) mass is 333 g/mol. The molecule has 0 aromatic carbocycles. The molecule has 2 aromatic rings. The molecule has 1 aliphatic heterocycles. The Kier molecular flexibility index (Phi) is 5.38. The standard InChI is InChI=1S/C18H27N3OS/c1-14(2)21-12-15-11-16(23-17(15)13-21)18(22)19-7-6-10-20-8-4-3-5-9-20/h11-14H,3-10H2,1-2H3,(H,19,22). The van der Waals surface area contributed by atoms with Crippen LogP contribution in [0.4, 0.5) is 0 Å². The number of carbonyl (C=O) groups excluding carboxylic acids is 1. The summed E-state index contributed by atoms with van der Waals surface area (Å²) in [5.41, 5.74) is 0. The molecule has 1 aliphatic rings. The summed E-state index contributed by atoms with van der Waals surface area (Å²) < 4.78 is 3.39. The van der Waals surface area contributed by atoms with Crippen LogP contribution in [0.2, 0.25) is 0 Å². The highest BCUT2D eigenvalue weighted by molar-refractivity contribution is 7.20. The first-order valence-electron chi connectivity index (χ1n) is 8.75. The third kappa shape index (κ3) is 4.15. The maximum atomic E-state index is 12.3. The summed E-state index contributed by atoms with van der Waals surface area (Å²) in [6.07, 6.45) is 9.33. The van der Waals surface area contributed by atoms with Crippen molar-refractivity contribution in [1.82, 2.24) is 14.8 Å². The van der Waals surface area contributed by atoms with Crippen molar-refractivity contribution in [3.63, 3.8) is 0 Å². The number of hydrogen-bond acceptors (Lipinski definition) is 3. The van der Waals surface area contributed by atoms with E-state index in [2.05, 4.69) is 41.0 Å². The van der Waals surface area contributed by atoms with Crippen molar-refractivity contribution in [3.05, 3.63) is 23.3 Å². The van der Waals surface area contributed by atoms with Crippen LogP contribution in [-0.4, -0.2) is 41.6 Å². The van der Waals surface area contributed by atoms with Crippen LogP contribution < -0.4 is 5.32 Å². The van der Waals surface area contributed by atoms with Crippen LogP contribution in [0.3, 0.4) is 0 Å². The topological polar surface area (TPSA) is 37.3 Å². The van der Waals surface area contributed by atoms with Crippen molar-refractivity contribution in [2.24, 2.45) is 0 Å². The summed E-state index contributed by atoms with van der Waals surface area (Å²) >= 11 is 1.59. The summed E-state index contributed by atoms with van der Waals surface area (Å²) in [6.45, 7) is 8.65. The molecule has 0 bridgehead atoms. The molecule has 0 saturated carbocycles. The first-order chi connectivity index (χ1) is 11.1. The summed E-state index contributed by atoms with van der Waals surface area (Å²) in [6, 6.07) is 2.47. The van der Waals surface area contributed by atoms with Crippen molar-refractivity contribution in [1.29, 1.82) is 0 Å². The minimum atomic E-state index is 0.0703. The summed E-state index contributed by atoms with van der Waals surface area (Å²) in [4.78, 5) is 15.6. The Hall–Kier alpha value is -1.33. The van der Waals surface area contributed by atoms with Crippen LogP contribution in [0, 0.1) is 0 Å². The van der Waals surface area contributed by atoms with Crippen LogP contribution in [0.1, 0.15) is 55.2 Å². The van der Waals surface area contributed by atoms with Gasteiger partial charge in [0.2, 0.25) is 0 Å². The van der Waals surface area contributed by atoms with Gasteiger partial charge >= 0.3 is 0 Å². The SMILES string of the molecule is CC(C)n1cc2cc(C(=O)NCCCN3CCCCC3)sc2c1. The minimum absolute atomic E-state index is 0.0703. The number of piperidine rings is 1. The molecule has 0 aliphatic carbocycles. The predicted octanol–water partition coefficient (Wildman–Crippen LogP) is 3.89. The number of fused-ring (bicyclic) bond motifs is 1. The fourth-order valence-corrected chi connectivity index (χ4v) is 4.13. The fourth-order valence-electron chi connectivity index (χ4n) is 3.14. The van der Waals surface area contributed by atoms with Gasteiger partial charge in [0.05, 0.1) is 9.58 Å². The largest absolute Gasteiger partial charge is 0.351 e. The molecule has 1 N–H and O–H groups in total. The Morgan fingerprint density at radius 1 is 1.26 bits per heavy atom. The third-order valence-electron chi connectivity index (χ3n) is 4.55. The lowest BCUT2D eigenvalue weighted by Crippen LogP contribution is -2.33. The minimum Gasteiger partial charge on any atom is -0.351 e. The molecule has 0 radical (unpaired) electrons. The van der Waals surface area contributed by atoms with E-state index in [1.165, 1.54) is 42.4 Å². The molecule has 0 spiro atoms. The first kappa shape index (κ1) is 16.5. The molecular weight excluding hydrogens is 306 g/mol. The zero-order valence-corrected chi connectivity index (χ0v) is 15.0. The second-order valence-electron chi connectivity index (χ2n) is 6.74. The smallest absolute Gasteiger partial charge is 0.261 e. The van der Waals surface area contributed by atoms with Gasteiger partial charge in [-0.15, -0.1) is 11.3 Å². The summed E-state index contributed by atoms with van der Waals surface area (Å²) in [5.74, 6) is 0.0703. The highest BCUT2D eigenvalue weighted by atomic mass is 32.1. The molecule has 3 heterocycles. The van der Waals surface area contributed by atoms with Gasteiger partial charge in [-0.2, -0.15) is 0 Å². The quantitative estimate of drug-likeness (QED) is 0.814. The molecule has 1 amide bonds. The van der Waals surface area contributed by atoms with Gasteiger partial charge < -0.3 is 14.8 Å². The van der Waals surface area contributed by atoms with E-state index in [0.29, 0.717) is 6.04 Å². The normalized spacial score (nSPS) is 16.3. The third-order valence-corrected chi connectivity index (χ3v) is 5.64. The van der Waals surface area contributed by atoms with Crippen LogP contribution in [0.15, 0.2) is 18.5 Å². The highest BCUT2D eigenvalue weighted by Gasteiger charge is 2.13. The van der Waals surface area contributed by atoms with Gasteiger partial charge in [0, 0.05) is 30.4 Å². The van der Waals surface area contributed by atoms with E-state index in [1.54, 1.807) is 11.3 Å². The number of aromatic nitrogens is 1. The maximum Gasteiger partial charge on any atom is 0.261 e. The first-order valence-corrected chi connectivity index (χ1v) is 9.57. The van der Waals surface area contributed by atoms with Gasteiger partial charge in [0.1, 0.15) is 0 Å². The van der Waals surface area contributed by atoms with Crippen molar-refractivity contribution in [3.8, 4) is 0 Å². The number of thiophene rings is 1. The van der Waals surface area contributed by atoms with E-state index in [4.69, 9.17) is 0 Å². The molecule has 1 fully saturated rings. The lowest BCUT2D eigenvalue weighted by atomic mass is 10.1. The number of amides is 1. The van der Waals surface area contributed by atoms with Gasteiger partial charge in [0.15, 0.2) is 0 Å². The fraction of sp³-hybridized carbons (Fsp3) is 0.611. The Balaban J connectivity index is 1.47. The zero-order chi connectivity index (χ0) is 16.2. The van der Waals surface area contributed by atoms with E-state index >= 15 is 0 Å². The lowest BCUT2D eigenvalue weighted by molar-refractivity contribution is 0.0955. The van der Waals surface area contributed by atoms with Crippen molar-refractivity contribution >= 4 is 27.3 Å². The lowest BCUT2D eigenvalue weighted by Gasteiger charge is -2.26. The van der Waals surface area contributed by atoms with Gasteiger partial charge in [-0.25, -0.2) is 0 Å². The van der Waals surface area contributed by atoms with Crippen LogP contribution >= 0.6 is 11.3 Å². The number of nitrogens with one attached hydrogen (secondary N) is 1. The van der Waals surface area contributed by atoms with Gasteiger partial charge in [-0.3, -0.25) is 4.79 Å². The van der Waals surface area contributed by atoms with Gasteiger partial charge in [0.25, 0.3) is 5.91 Å². The molecule has 5 heteroatoms.